The third-order valence-corrected chi connectivity index (χ3v) is 4.23. The molecular weight excluding hydrogens is 236 g/mol. The minimum Gasteiger partial charge on any atom is -0.380 e. The molecule has 1 saturated heterocycles. The first-order valence-corrected chi connectivity index (χ1v) is 7.33. The van der Waals surface area contributed by atoms with Crippen molar-refractivity contribution in [2.45, 2.75) is 44.4 Å². The lowest BCUT2D eigenvalue weighted by atomic mass is 9.94. The van der Waals surface area contributed by atoms with Crippen molar-refractivity contribution >= 4 is 0 Å². The number of piperidine rings is 1. The summed E-state index contributed by atoms with van der Waals surface area (Å²) in [5.41, 5.74) is 7.72. The molecular formula is C16H26N2O. The quantitative estimate of drug-likeness (QED) is 0.886. The summed E-state index contributed by atoms with van der Waals surface area (Å²) in [5.74, 6) is 0. The third-order valence-electron chi connectivity index (χ3n) is 4.23. The zero-order valence-electron chi connectivity index (χ0n) is 12.1. The van der Waals surface area contributed by atoms with Gasteiger partial charge in [-0.25, -0.2) is 0 Å². The molecule has 0 aliphatic carbocycles. The van der Waals surface area contributed by atoms with E-state index in [0.717, 1.165) is 19.5 Å². The predicted molar refractivity (Wildman–Crippen MR) is 79.1 cm³/mol. The van der Waals surface area contributed by atoms with Crippen LogP contribution < -0.4 is 5.73 Å². The first-order chi connectivity index (χ1) is 9.26. The van der Waals surface area contributed by atoms with Crippen molar-refractivity contribution in [3.05, 3.63) is 35.9 Å². The van der Waals surface area contributed by atoms with E-state index in [1.165, 1.54) is 18.4 Å². The molecule has 106 valence electrons. The second-order valence-corrected chi connectivity index (χ2v) is 5.41. The Morgan fingerprint density at radius 3 is 2.74 bits per heavy atom. The van der Waals surface area contributed by atoms with Crippen molar-refractivity contribution in [3.8, 4) is 0 Å². The molecule has 19 heavy (non-hydrogen) atoms. The lowest BCUT2D eigenvalue weighted by Crippen LogP contribution is -2.49. The molecule has 1 aliphatic rings. The lowest BCUT2D eigenvalue weighted by molar-refractivity contribution is 0.00886. The molecule has 1 aromatic carbocycles. The van der Waals surface area contributed by atoms with Crippen LogP contribution in [0.25, 0.3) is 0 Å². The van der Waals surface area contributed by atoms with Crippen LogP contribution in [-0.4, -0.2) is 37.2 Å². The van der Waals surface area contributed by atoms with Gasteiger partial charge in [0.2, 0.25) is 0 Å². The SMILES string of the molecule is CCC(C(N)c1ccccc1)N1CCCC(OC)C1. The van der Waals surface area contributed by atoms with Gasteiger partial charge in [0.15, 0.2) is 0 Å². The van der Waals surface area contributed by atoms with Gasteiger partial charge in [-0.15, -0.1) is 0 Å². The highest BCUT2D eigenvalue weighted by atomic mass is 16.5. The van der Waals surface area contributed by atoms with Crippen LogP contribution in [0.5, 0.6) is 0 Å². The summed E-state index contributed by atoms with van der Waals surface area (Å²) >= 11 is 0. The Kier molecular flexibility index (Phi) is 5.37. The second kappa shape index (κ2) is 7.04. The Labute approximate surface area is 116 Å². The van der Waals surface area contributed by atoms with Gasteiger partial charge >= 0.3 is 0 Å². The summed E-state index contributed by atoms with van der Waals surface area (Å²) in [6, 6.07) is 10.9. The molecule has 0 radical (unpaired) electrons. The smallest absolute Gasteiger partial charge is 0.0698 e. The van der Waals surface area contributed by atoms with Crippen LogP contribution in [0, 0.1) is 0 Å². The number of benzene rings is 1. The lowest BCUT2D eigenvalue weighted by Gasteiger charge is -2.40. The zero-order chi connectivity index (χ0) is 13.7. The number of nitrogens with two attached hydrogens (primary N) is 1. The van der Waals surface area contributed by atoms with E-state index in [1.54, 1.807) is 0 Å². The van der Waals surface area contributed by atoms with E-state index in [1.807, 2.05) is 13.2 Å². The van der Waals surface area contributed by atoms with Crippen LogP contribution >= 0.6 is 0 Å². The number of likely N-dealkylation sites (tertiary alicyclic amines) is 1. The Hall–Kier alpha value is -0.900. The Morgan fingerprint density at radius 1 is 1.37 bits per heavy atom. The Bertz CT molecular complexity index is 368. The van der Waals surface area contributed by atoms with Crippen LogP contribution in [-0.2, 0) is 4.74 Å². The summed E-state index contributed by atoms with van der Waals surface area (Å²) in [6.45, 7) is 4.37. The minimum atomic E-state index is 0.0850. The van der Waals surface area contributed by atoms with Gasteiger partial charge in [0.25, 0.3) is 0 Å². The summed E-state index contributed by atoms with van der Waals surface area (Å²) in [4.78, 5) is 2.51. The van der Waals surface area contributed by atoms with Crippen molar-refractivity contribution in [1.29, 1.82) is 0 Å². The van der Waals surface area contributed by atoms with Crippen LogP contribution in [0.2, 0.25) is 0 Å². The van der Waals surface area contributed by atoms with E-state index >= 15 is 0 Å². The number of methoxy groups -OCH3 is 1. The van der Waals surface area contributed by atoms with Gasteiger partial charge in [0.05, 0.1) is 6.10 Å². The molecule has 3 atom stereocenters. The van der Waals surface area contributed by atoms with Gasteiger partial charge in [0.1, 0.15) is 0 Å². The average Bonchev–Trinajstić information content (AvgIpc) is 2.49. The molecule has 0 aromatic heterocycles. The molecule has 0 saturated carbocycles. The van der Waals surface area contributed by atoms with Gasteiger partial charge in [-0.1, -0.05) is 37.3 Å². The minimum absolute atomic E-state index is 0.0850. The molecule has 3 nitrogen and oxygen atoms in total. The topological polar surface area (TPSA) is 38.5 Å². The fourth-order valence-corrected chi connectivity index (χ4v) is 3.10. The van der Waals surface area contributed by atoms with Crippen molar-refractivity contribution in [2.24, 2.45) is 5.73 Å². The van der Waals surface area contributed by atoms with E-state index < -0.39 is 0 Å². The Morgan fingerprint density at radius 2 is 2.11 bits per heavy atom. The highest BCUT2D eigenvalue weighted by Crippen LogP contribution is 2.25. The van der Waals surface area contributed by atoms with Gasteiger partial charge in [-0.2, -0.15) is 0 Å². The highest BCUT2D eigenvalue weighted by molar-refractivity contribution is 5.20. The summed E-state index contributed by atoms with van der Waals surface area (Å²) < 4.78 is 5.52. The van der Waals surface area contributed by atoms with Crippen LogP contribution in [0.1, 0.15) is 37.8 Å². The van der Waals surface area contributed by atoms with Crippen LogP contribution in [0.3, 0.4) is 0 Å². The molecule has 1 fully saturated rings. The number of hydrogen-bond donors (Lipinski definition) is 1. The van der Waals surface area contributed by atoms with Gasteiger partial charge in [-0.05, 0) is 31.4 Å². The molecule has 3 unspecified atom stereocenters. The maximum Gasteiger partial charge on any atom is 0.0698 e. The Balaban J connectivity index is 2.06. The molecule has 0 amide bonds. The summed E-state index contributed by atoms with van der Waals surface area (Å²) in [7, 11) is 1.81. The van der Waals surface area contributed by atoms with Crippen molar-refractivity contribution in [2.75, 3.05) is 20.2 Å². The molecule has 2 N–H and O–H groups in total. The number of ether oxygens (including phenoxy) is 1. The van der Waals surface area contributed by atoms with Gasteiger partial charge in [-0.3, -0.25) is 4.90 Å². The molecule has 0 bridgehead atoms. The maximum atomic E-state index is 6.49. The van der Waals surface area contributed by atoms with Crippen LogP contribution in [0.4, 0.5) is 0 Å². The fraction of sp³-hybridized carbons (Fsp3) is 0.625. The first kappa shape index (κ1) is 14.5. The summed E-state index contributed by atoms with van der Waals surface area (Å²) in [5, 5.41) is 0. The van der Waals surface area contributed by atoms with Crippen molar-refractivity contribution < 1.29 is 4.74 Å². The summed E-state index contributed by atoms with van der Waals surface area (Å²) in [6.07, 6.45) is 3.82. The highest BCUT2D eigenvalue weighted by Gasteiger charge is 2.29. The average molecular weight is 262 g/mol. The third kappa shape index (κ3) is 3.56. The maximum absolute atomic E-state index is 6.49. The van der Waals surface area contributed by atoms with E-state index in [2.05, 4.69) is 36.1 Å². The normalized spacial score (nSPS) is 24.1. The monoisotopic (exact) mass is 262 g/mol. The number of hydrogen-bond acceptors (Lipinski definition) is 3. The van der Waals surface area contributed by atoms with E-state index in [0.29, 0.717) is 12.1 Å². The number of nitrogens with zero attached hydrogens (tertiary/aromatic N) is 1. The van der Waals surface area contributed by atoms with Crippen LogP contribution in [0.15, 0.2) is 30.3 Å². The molecule has 1 aromatic rings. The van der Waals surface area contributed by atoms with Gasteiger partial charge in [0, 0.05) is 25.7 Å². The fourth-order valence-electron chi connectivity index (χ4n) is 3.10. The van der Waals surface area contributed by atoms with E-state index in [9.17, 15) is 0 Å². The molecule has 1 aliphatic heterocycles. The second-order valence-electron chi connectivity index (χ2n) is 5.41. The zero-order valence-corrected chi connectivity index (χ0v) is 12.1. The molecule has 1 heterocycles. The van der Waals surface area contributed by atoms with Crippen molar-refractivity contribution in [1.82, 2.24) is 4.90 Å². The van der Waals surface area contributed by atoms with E-state index in [-0.39, 0.29) is 6.04 Å². The standard InChI is InChI=1S/C16H26N2O/c1-3-15(16(17)13-8-5-4-6-9-13)18-11-7-10-14(12-18)19-2/h4-6,8-9,14-16H,3,7,10-12,17H2,1-2H3. The number of rotatable bonds is 5. The van der Waals surface area contributed by atoms with E-state index in [4.69, 9.17) is 10.5 Å². The van der Waals surface area contributed by atoms with Crippen molar-refractivity contribution in [3.63, 3.8) is 0 Å². The van der Waals surface area contributed by atoms with Gasteiger partial charge < -0.3 is 10.5 Å². The largest absolute Gasteiger partial charge is 0.380 e. The predicted octanol–water partition coefficient (Wildman–Crippen LogP) is 2.58. The first-order valence-electron chi connectivity index (χ1n) is 7.33. The molecule has 3 heteroatoms. The molecule has 2 rings (SSSR count). The molecule has 0 spiro atoms.